The van der Waals surface area contributed by atoms with Crippen LogP contribution in [0.15, 0.2) is 12.2 Å². The third kappa shape index (κ3) is 11.3. The summed E-state index contributed by atoms with van der Waals surface area (Å²) in [5, 5.41) is 18.8. The van der Waals surface area contributed by atoms with Crippen molar-refractivity contribution in [3.05, 3.63) is 12.2 Å². The van der Waals surface area contributed by atoms with Crippen molar-refractivity contribution in [3.63, 3.8) is 0 Å². The van der Waals surface area contributed by atoms with Gasteiger partial charge in [-0.2, -0.15) is 0 Å². The van der Waals surface area contributed by atoms with Gasteiger partial charge in [0.05, 0.1) is 11.9 Å². The second-order valence-electron chi connectivity index (χ2n) is 0.971. The average Bonchev–Trinajstić information content (AvgIpc) is 1.61. The van der Waals surface area contributed by atoms with Gasteiger partial charge in [-0.05, 0) is 12.2 Å². The van der Waals surface area contributed by atoms with Crippen LogP contribution >= 0.6 is 0 Å². The zero-order valence-electron chi connectivity index (χ0n) is 4.29. The number of aliphatic carboxylic acids is 2. The monoisotopic (exact) mass is 322 g/mol. The van der Waals surface area contributed by atoms with E-state index < -0.39 is 11.9 Å². The average molecular weight is 321 g/mol. The molecule has 0 aliphatic heterocycles. The van der Waals surface area contributed by atoms with Crippen LogP contribution in [0.3, 0.4) is 0 Å². The van der Waals surface area contributed by atoms with E-state index in [9.17, 15) is 19.8 Å². The Hall–Kier alpha value is -0.398. The fourth-order valence-corrected chi connectivity index (χ4v) is 0.136. The van der Waals surface area contributed by atoms with Gasteiger partial charge < -0.3 is 19.8 Å². The molecule has 0 aromatic heterocycles. The van der Waals surface area contributed by atoms with E-state index in [1.54, 1.807) is 0 Å². The summed E-state index contributed by atoms with van der Waals surface area (Å²) in [4.78, 5) is 18.8. The summed E-state index contributed by atoms with van der Waals surface area (Å²) < 4.78 is 0. The fraction of sp³-hybridized carbons (Fsp3) is 0. The fourth-order valence-electron chi connectivity index (χ4n) is 0.136. The molecule has 0 fully saturated rings. The van der Waals surface area contributed by atoms with Crippen LogP contribution in [-0.2, 0) is 9.59 Å². The summed E-state index contributed by atoms with van der Waals surface area (Å²) in [5.74, 6) is -3.09. The molecule has 9 heavy (non-hydrogen) atoms. The topological polar surface area (TPSA) is 80.3 Å². The molecule has 0 saturated heterocycles. The Labute approximate surface area is 71.3 Å². The molecule has 0 aromatic rings. The van der Waals surface area contributed by atoms with E-state index in [4.69, 9.17) is 0 Å². The van der Waals surface area contributed by atoms with Gasteiger partial charge in [-0.3, -0.25) is 0 Å². The molecule has 0 heterocycles. The van der Waals surface area contributed by atoms with Gasteiger partial charge >= 0.3 is 27.3 Å². The van der Waals surface area contributed by atoms with Crippen LogP contribution in [0.1, 0.15) is 0 Å². The number of hydrogen-bond donors (Lipinski definition) is 0. The number of carbonyl (C=O) groups is 2. The molecule has 0 rings (SSSR count). The predicted molar refractivity (Wildman–Crippen MR) is 24.9 cm³/mol. The minimum atomic E-state index is -1.55. The SMILES string of the molecule is O=C([O-])C=CC(=O)[O-].[Pb+2]. The van der Waals surface area contributed by atoms with Crippen LogP contribution in [0.5, 0.6) is 0 Å². The smallest absolute Gasteiger partial charge is 0.545 e. The van der Waals surface area contributed by atoms with Crippen LogP contribution in [0, 0.1) is 0 Å². The third-order valence-electron chi connectivity index (χ3n) is 0.355. The van der Waals surface area contributed by atoms with Crippen LogP contribution in [-0.4, -0.2) is 39.2 Å². The van der Waals surface area contributed by atoms with Gasteiger partial charge in [0.1, 0.15) is 0 Å². The number of carbonyl (C=O) groups excluding carboxylic acids is 2. The minimum absolute atomic E-state index is 0. The number of rotatable bonds is 2. The zero-order valence-corrected chi connectivity index (χ0v) is 8.18. The predicted octanol–water partition coefficient (Wildman–Crippen LogP) is -3.34. The molecule has 46 valence electrons. The first kappa shape index (κ1) is 11.4. The Bertz CT molecular complexity index is 124. The van der Waals surface area contributed by atoms with Gasteiger partial charge in [-0.15, -0.1) is 0 Å². The van der Waals surface area contributed by atoms with E-state index in [1.807, 2.05) is 0 Å². The molecule has 0 amide bonds. The molecule has 0 aliphatic carbocycles. The Morgan fingerprint density at radius 3 is 1.33 bits per heavy atom. The van der Waals surface area contributed by atoms with E-state index in [0.717, 1.165) is 0 Å². The molecule has 0 atom stereocenters. The van der Waals surface area contributed by atoms with E-state index >= 15 is 0 Å². The van der Waals surface area contributed by atoms with Gasteiger partial charge in [-0.25, -0.2) is 0 Å². The first-order valence-electron chi connectivity index (χ1n) is 1.73. The van der Waals surface area contributed by atoms with Crippen molar-refractivity contribution in [1.29, 1.82) is 0 Å². The number of carboxylic acids is 2. The van der Waals surface area contributed by atoms with Crippen molar-refractivity contribution in [3.8, 4) is 0 Å². The normalized spacial score (nSPS) is 8.44. The Balaban J connectivity index is 0. The molecular formula is C4H2O4Pb. The second kappa shape index (κ2) is 5.73. The van der Waals surface area contributed by atoms with Crippen molar-refractivity contribution in [1.82, 2.24) is 0 Å². The van der Waals surface area contributed by atoms with Gasteiger partial charge in [0, 0.05) is 0 Å². The minimum Gasteiger partial charge on any atom is -0.545 e. The van der Waals surface area contributed by atoms with Crippen molar-refractivity contribution < 1.29 is 19.8 Å². The van der Waals surface area contributed by atoms with Crippen LogP contribution in [0.2, 0.25) is 0 Å². The second-order valence-corrected chi connectivity index (χ2v) is 0.971. The first-order chi connectivity index (χ1) is 3.63. The maximum Gasteiger partial charge on any atom is 2.00 e. The Morgan fingerprint density at radius 1 is 1.00 bits per heavy atom. The Kier molecular flexibility index (Phi) is 7.27. The van der Waals surface area contributed by atoms with Crippen molar-refractivity contribution in [2.45, 2.75) is 0 Å². The molecule has 0 unspecified atom stereocenters. The quantitative estimate of drug-likeness (QED) is 0.393. The summed E-state index contributed by atoms with van der Waals surface area (Å²) in [6.07, 6.45) is 0.769. The summed E-state index contributed by atoms with van der Waals surface area (Å²) in [5.41, 5.74) is 0. The summed E-state index contributed by atoms with van der Waals surface area (Å²) in [7, 11) is 0. The maximum absolute atomic E-state index is 9.41. The molecule has 2 radical (unpaired) electrons. The molecule has 0 aliphatic rings. The third-order valence-corrected chi connectivity index (χ3v) is 0.355. The van der Waals surface area contributed by atoms with Crippen LogP contribution < -0.4 is 10.2 Å². The van der Waals surface area contributed by atoms with Crippen molar-refractivity contribution in [2.75, 3.05) is 0 Å². The molecule has 5 heteroatoms. The Morgan fingerprint density at radius 2 is 1.22 bits per heavy atom. The van der Waals surface area contributed by atoms with Gasteiger partial charge in [-0.1, -0.05) is 0 Å². The van der Waals surface area contributed by atoms with Gasteiger partial charge in [0.2, 0.25) is 0 Å². The molecule has 0 bridgehead atoms. The molecule has 4 nitrogen and oxygen atoms in total. The van der Waals surface area contributed by atoms with Crippen LogP contribution in [0.25, 0.3) is 0 Å². The molecule has 0 aromatic carbocycles. The van der Waals surface area contributed by atoms with E-state index in [2.05, 4.69) is 0 Å². The summed E-state index contributed by atoms with van der Waals surface area (Å²) in [6, 6.07) is 0. The van der Waals surface area contributed by atoms with E-state index in [0.29, 0.717) is 12.2 Å². The van der Waals surface area contributed by atoms with E-state index in [-0.39, 0.29) is 27.3 Å². The largest absolute Gasteiger partial charge is 2.00 e. The zero-order chi connectivity index (χ0) is 6.57. The van der Waals surface area contributed by atoms with Gasteiger partial charge in [0.25, 0.3) is 0 Å². The summed E-state index contributed by atoms with van der Waals surface area (Å²) in [6.45, 7) is 0. The number of carboxylic acid groups (broad SMARTS) is 2. The van der Waals surface area contributed by atoms with Crippen molar-refractivity contribution >= 4 is 39.2 Å². The van der Waals surface area contributed by atoms with E-state index in [1.165, 1.54) is 0 Å². The van der Waals surface area contributed by atoms with Crippen molar-refractivity contribution in [2.24, 2.45) is 0 Å². The van der Waals surface area contributed by atoms with Crippen LogP contribution in [0.4, 0.5) is 0 Å². The molecular weight excluding hydrogens is 319 g/mol. The first-order valence-corrected chi connectivity index (χ1v) is 1.73. The molecule has 0 saturated carbocycles. The molecule has 0 N–H and O–H groups in total. The molecule has 0 spiro atoms. The van der Waals surface area contributed by atoms with Gasteiger partial charge in [0.15, 0.2) is 0 Å². The number of hydrogen-bond acceptors (Lipinski definition) is 4. The standard InChI is InChI=1S/C4H4O4.Pb/c5-3(6)1-2-4(7)8;/h1-2H,(H,5,6)(H,7,8);/q;+2/p-2. The maximum atomic E-state index is 9.41. The summed E-state index contributed by atoms with van der Waals surface area (Å²) >= 11 is 0.